The van der Waals surface area contributed by atoms with Crippen LogP contribution < -0.4 is 19.6 Å². The second-order valence-electron chi connectivity index (χ2n) is 7.96. The summed E-state index contributed by atoms with van der Waals surface area (Å²) in [4.78, 5) is 39.7. The molecule has 1 aromatic heterocycles. The Balaban J connectivity index is 2.07. The van der Waals surface area contributed by atoms with Crippen molar-refractivity contribution in [1.29, 1.82) is 0 Å². The number of piperazine rings is 1. The fourth-order valence-electron chi connectivity index (χ4n) is 4.11. The summed E-state index contributed by atoms with van der Waals surface area (Å²) in [7, 11) is 5.60. The molecule has 0 saturated carbocycles. The number of amides is 1. The van der Waals surface area contributed by atoms with E-state index >= 15 is 0 Å². The van der Waals surface area contributed by atoms with E-state index in [2.05, 4.69) is 0 Å². The van der Waals surface area contributed by atoms with Crippen molar-refractivity contribution in [3.8, 4) is 23.0 Å². The van der Waals surface area contributed by atoms with Gasteiger partial charge in [-0.25, -0.2) is 0 Å². The molecule has 1 aromatic carbocycles. The summed E-state index contributed by atoms with van der Waals surface area (Å²) in [5.74, 6) is -0.927. The molecule has 0 unspecified atom stereocenters. The van der Waals surface area contributed by atoms with Gasteiger partial charge < -0.3 is 33.4 Å². The van der Waals surface area contributed by atoms with E-state index in [1.807, 2.05) is 4.90 Å². The minimum Gasteiger partial charge on any atom is -0.502 e. The number of carbonyl (C=O) groups excluding carboxylic acids is 2. The topological polar surface area (TPSA) is 128 Å². The Morgan fingerprint density at radius 2 is 1.77 bits per heavy atom. The Morgan fingerprint density at radius 3 is 2.34 bits per heavy atom. The monoisotopic (exact) mass is 490 g/mol. The first kappa shape index (κ1) is 25.9. The Hall–Kier alpha value is -3.73. The van der Waals surface area contributed by atoms with Crippen molar-refractivity contribution in [3.05, 3.63) is 45.5 Å². The molecule has 11 nitrogen and oxygen atoms in total. The van der Waals surface area contributed by atoms with E-state index in [4.69, 9.17) is 23.4 Å². The molecule has 2 aromatic rings. The Morgan fingerprint density at radius 1 is 1.09 bits per heavy atom. The van der Waals surface area contributed by atoms with Gasteiger partial charge in [-0.05, 0) is 6.07 Å². The quantitative estimate of drug-likeness (QED) is 0.385. The van der Waals surface area contributed by atoms with Crippen LogP contribution in [-0.4, -0.2) is 81.9 Å². The summed E-state index contributed by atoms with van der Waals surface area (Å²) in [6.45, 7) is 2.63. The van der Waals surface area contributed by atoms with Crippen LogP contribution >= 0.6 is 0 Å². The average molecular weight is 491 g/mol. The minimum atomic E-state index is -0.920. The van der Waals surface area contributed by atoms with Crippen molar-refractivity contribution in [2.45, 2.75) is 18.9 Å². The number of esters is 1. The smallest absolute Gasteiger partial charge is 0.306 e. The Kier molecular flexibility index (Phi) is 8.58. The van der Waals surface area contributed by atoms with Crippen molar-refractivity contribution >= 4 is 12.4 Å². The molecule has 3 rings (SSSR count). The third kappa shape index (κ3) is 5.68. The van der Waals surface area contributed by atoms with E-state index in [9.17, 15) is 19.5 Å². The molecular formula is C24H30N2O9. The highest BCUT2D eigenvalue weighted by molar-refractivity contribution is 5.72. The summed E-state index contributed by atoms with van der Waals surface area (Å²) in [5, 5.41) is 10.7. The van der Waals surface area contributed by atoms with Crippen molar-refractivity contribution in [2.24, 2.45) is 0 Å². The largest absolute Gasteiger partial charge is 0.502 e. The van der Waals surface area contributed by atoms with Gasteiger partial charge in [0, 0.05) is 37.8 Å². The van der Waals surface area contributed by atoms with E-state index in [-0.39, 0.29) is 23.7 Å². The third-order valence-electron chi connectivity index (χ3n) is 5.96. The Labute approximate surface area is 202 Å². The van der Waals surface area contributed by atoms with Crippen LogP contribution in [0.2, 0.25) is 0 Å². The zero-order valence-corrected chi connectivity index (χ0v) is 20.2. The molecule has 0 radical (unpaired) electrons. The molecule has 35 heavy (non-hydrogen) atoms. The van der Waals surface area contributed by atoms with Crippen LogP contribution in [0.4, 0.5) is 0 Å². The van der Waals surface area contributed by atoms with Crippen LogP contribution in [0.3, 0.4) is 0 Å². The number of methoxy groups -OCH3 is 4. The molecule has 1 N–H and O–H groups in total. The van der Waals surface area contributed by atoms with Gasteiger partial charge in [0.2, 0.25) is 23.3 Å². The van der Waals surface area contributed by atoms with Crippen molar-refractivity contribution in [3.63, 3.8) is 0 Å². The lowest BCUT2D eigenvalue weighted by atomic mass is 9.90. The number of rotatable bonds is 10. The molecule has 11 heteroatoms. The standard InChI is InChI=1S/C24H30N2O9/c1-31-19-6-5-16(23(33-3)24(19)34-4)17(12-20(29)32-2)22-21(30)18(28)11-15(35-22)13-25-7-9-26(14-27)10-8-25/h5-6,11,14,17,30H,7-10,12-13H2,1-4H3/t17-/m1/s1. The maximum absolute atomic E-state index is 12.7. The lowest BCUT2D eigenvalue weighted by molar-refractivity contribution is -0.141. The first-order valence-electron chi connectivity index (χ1n) is 11.0. The van der Waals surface area contributed by atoms with Gasteiger partial charge in [0.25, 0.3) is 0 Å². The molecular weight excluding hydrogens is 460 g/mol. The van der Waals surface area contributed by atoms with Gasteiger partial charge in [-0.3, -0.25) is 19.3 Å². The average Bonchev–Trinajstić information content (AvgIpc) is 2.88. The van der Waals surface area contributed by atoms with Crippen LogP contribution in [0, 0.1) is 0 Å². The predicted molar refractivity (Wildman–Crippen MR) is 124 cm³/mol. The summed E-state index contributed by atoms with van der Waals surface area (Å²) in [6, 6.07) is 4.51. The molecule has 1 saturated heterocycles. The number of aromatic hydroxyl groups is 1. The highest BCUT2D eigenvalue weighted by Gasteiger charge is 2.31. The highest BCUT2D eigenvalue weighted by atomic mass is 16.5. The van der Waals surface area contributed by atoms with Gasteiger partial charge in [-0.15, -0.1) is 0 Å². The fourth-order valence-corrected chi connectivity index (χ4v) is 4.11. The number of ether oxygens (including phenoxy) is 4. The van der Waals surface area contributed by atoms with E-state index in [0.717, 1.165) is 6.41 Å². The lowest BCUT2D eigenvalue weighted by Crippen LogP contribution is -2.45. The van der Waals surface area contributed by atoms with Crippen LogP contribution in [0.5, 0.6) is 23.0 Å². The van der Waals surface area contributed by atoms with Gasteiger partial charge >= 0.3 is 5.97 Å². The highest BCUT2D eigenvalue weighted by Crippen LogP contribution is 2.46. The Bertz CT molecular complexity index is 1110. The predicted octanol–water partition coefficient (Wildman–Crippen LogP) is 1.34. The number of hydrogen-bond donors (Lipinski definition) is 1. The summed E-state index contributed by atoms with van der Waals surface area (Å²) in [6.07, 6.45) is 0.574. The number of nitrogens with zero attached hydrogens (tertiary/aromatic N) is 2. The van der Waals surface area contributed by atoms with Crippen LogP contribution in [0.1, 0.15) is 29.4 Å². The fraction of sp³-hybridized carbons (Fsp3) is 0.458. The van der Waals surface area contributed by atoms with Gasteiger partial charge in [-0.2, -0.15) is 0 Å². The lowest BCUT2D eigenvalue weighted by Gasteiger charge is -2.32. The van der Waals surface area contributed by atoms with Crippen LogP contribution in [0.15, 0.2) is 27.4 Å². The van der Waals surface area contributed by atoms with Crippen molar-refractivity contribution < 1.29 is 38.1 Å². The van der Waals surface area contributed by atoms with Gasteiger partial charge in [0.15, 0.2) is 17.3 Å². The van der Waals surface area contributed by atoms with Crippen molar-refractivity contribution in [1.82, 2.24) is 9.80 Å². The first-order valence-corrected chi connectivity index (χ1v) is 11.0. The van der Waals surface area contributed by atoms with Gasteiger partial charge in [0.05, 0.1) is 47.3 Å². The molecule has 1 atom stereocenters. The molecule has 0 bridgehead atoms. The SMILES string of the molecule is COC(=O)C[C@H](c1ccc(OC)c(OC)c1OC)c1oc(CN2CCN(C=O)CC2)cc(=O)c1O. The van der Waals surface area contributed by atoms with Crippen molar-refractivity contribution in [2.75, 3.05) is 54.6 Å². The maximum Gasteiger partial charge on any atom is 0.306 e. The van der Waals surface area contributed by atoms with Crippen LogP contribution in [-0.2, 0) is 20.9 Å². The minimum absolute atomic E-state index is 0.0880. The molecule has 190 valence electrons. The zero-order valence-electron chi connectivity index (χ0n) is 20.2. The summed E-state index contributed by atoms with van der Waals surface area (Å²) in [5.41, 5.74) is -0.201. The molecule has 1 aliphatic rings. The van der Waals surface area contributed by atoms with E-state index in [1.165, 1.54) is 34.5 Å². The molecule has 0 spiro atoms. The molecule has 1 fully saturated rings. The number of hydrogen-bond acceptors (Lipinski definition) is 10. The van der Waals surface area contributed by atoms with E-state index < -0.39 is 23.1 Å². The van der Waals surface area contributed by atoms with Crippen LogP contribution in [0.25, 0.3) is 0 Å². The van der Waals surface area contributed by atoms with E-state index in [1.54, 1.807) is 17.0 Å². The van der Waals surface area contributed by atoms with Gasteiger partial charge in [0.1, 0.15) is 5.76 Å². The number of benzene rings is 1. The maximum atomic E-state index is 12.7. The first-order chi connectivity index (χ1) is 16.9. The summed E-state index contributed by atoms with van der Waals surface area (Å²) < 4.78 is 27.2. The van der Waals surface area contributed by atoms with Gasteiger partial charge in [-0.1, -0.05) is 6.07 Å². The third-order valence-corrected chi connectivity index (χ3v) is 5.96. The number of carbonyl (C=O) groups is 2. The second-order valence-corrected chi connectivity index (χ2v) is 7.96. The normalized spacial score (nSPS) is 14.8. The molecule has 0 aliphatic carbocycles. The second kappa shape index (κ2) is 11.6. The molecule has 2 heterocycles. The zero-order chi connectivity index (χ0) is 25.5. The molecule has 1 amide bonds. The summed E-state index contributed by atoms with van der Waals surface area (Å²) >= 11 is 0. The molecule has 1 aliphatic heterocycles. The van der Waals surface area contributed by atoms with E-state index in [0.29, 0.717) is 49.8 Å².